The average Bonchev–Trinajstić information content (AvgIpc) is 2.74. The summed E-state index contributed by atoms with van der Waals surface area (Å²) < 4.78 is 0. The van der Waals surface area contributed by atoms with Gasteiger partial charge in [-0.1, -0.05) is 18.2 Å². The second-order valence-electron chi connectivity index (χ2n) is 4.47. The van der Waals surface area contributed by atoms with E-state index in [-0.39, 0.29) is 11.4 Å². The van der Waals surface area contributed by atoms with Crippen LogP contribution >= 0.6 is 0 Å². The van der Waals surface area contributed by atoms with Crippen molar-refractivity contribution in [2.24, 2.45) is 0 Å². The number of aryl methyl sites for hydroxylation is 2. The van der Waals surface area contributed by atoms with Crippen LogP contribution in [0.15, 0.2) is 27.8 Å². The van der Waals surface area contributed by atoms with Crippen molar-refractivity contribution >= 4 is 0 Å². The Morgan fingerprint density at radius 2 is 1.83 bits per heavy atom. The largest absolute Gasteiger partial charge is 0.494 e. The van der Waals surface area contributed by atoms with Crippen LogP contribution in [0.5, 0.6) is 5.88 Å². The minimum absolute atomic E-state index is 0.115. The molecule has 1 aromatic carbocycles. The van der Waals surface area contributed by atoms with Crippen LogP contribution in [0, 0.1) is 0 Å². The molecule has 3 N–H and O–H groups in total. The molecule has 0 spiro atoms. The number of fused-ring (bicyclic) bond motifs is 1. The molecule has 1 aliphatic carbocycles. The molecule has 0 saturated heterocycles. The van der Waals surface area contributed by atoms with Crippen molar-refractivity contribution in [1.82, 2.24) is 9.97 Å². The molecule has 1 aliphatic rings. The summed E-state index contributed by atoms with van der Waals surface area (Å²) in [7, 11) is 0. The van der Waals surface area contributed by atoms with E-state index in [1.54, 1.807) is 6.07 Å². The van der Waals surface area contributed by atoms with Gasteiger partial charge in [0.1, 0.15) is 5.56 Å². The maximum atomic E-state index is 11.7. The second kappa shape index (κ2) is 3.87. The highest BCUT2D eigenvalue weighted by Crippen LogP contribution is 2.28. The quantitative estimate of drug-likeness (QED) is 0.697. The van der Waals surface area contributed by atoms with Gasteiger partial charge in [0.25, 0.3) is 5.56 Å². The van der Waals surface area contributed by atoms with E-state index in [4.69, 9.17) is 0 Å². The first kappa shape index (κ1) is 10.8. The predicted octanol–water partition coefficient (Wildman–Crippen LogP) is 0.924. The Labute approximate surface area is 102 Å². The molecule has 0 saturated carbocycles. The fraction of sp³-hybridized carbons (Fsp3) is 0.231. The van der Waals surface area contributed by atoms with Crippen molar-refractivity contribution in [3.05, 3.63) is 50.2 Å². The third kappa shape index (κ3) is 1.64. The maximum Gasteiger partial charge on any atom is 0.328 e. The highest BCUT2D eigenvalue weighted by molar-refractivity contribution is 5.68. The van der Waals surface area contributed by atoms with E-state index in [1.165, 1.54) is 11.1 Å². The van der Waals surface area contributed by atoms with E-state index in [9.17, 15) is 14.7 Å². The van der Waals surface area contributed by atoms with Crippen molar-refractivity contribution in [1.29, 1.82) is 0 Å². The van der Waals surface area contributed by atoms with Crippen molar-refractivity contribution < 1.29 is 5.11 Å². The van der Waals surface area contributed by atoms with Gasteiger partial charge in [-0.3, -0.25) is 14.8 Å². The van der Waals surface area contributed by atoms with Crippen molar-refractivity contribution in [2.75, 3.05) is 0 Å². The number of hydrogen-bond donors (Lipinski definition) is 3. The summed E-state index contributed by atoms with van der Waals surface area (Å²) in [6, 6.07) is 5.68. The number of H-pyrrole nitrogens is 2. The van der Waals surface area contributed by atoms with E-state index in [0.29, 0.717) is 5.56 Å². The summed E-state index contributed by atoms with van der Waals surface area (Å²) in [4.78, 5) is 27.0. The number of aromatic nitrogens is 2. The first-order chi connectivity index (χ1) is 8.65. The zero-order chi connectivity index (χ0) is 12.7. The highest BCUT2D eigenvalue weighted by Gasteiger charge is 2.15. The Morgan fingerprint density at radius 3 is 2.61 bits per heavy atom. The Kier molecular flexibility index (Phi) is 2.33. The Bertz CT molecular complexity index is 728. The molecular formula is C13H12N2O3. The topological polar surface area (TPSA) is 85.9 Å². The van der Waals surface area contributed by atoms with Crippen LogP contribution in [0.25, 0.3) is 11.1 Å². The SMILES string of the molecule is O=c1[nH]c(O)c(-c2ccc3c(c2)CCC3)c(=O)[nH]1. The van der Waals surface area contributed by atoms with Crippen LogP contribution in [-0.4, -0.2) is 15.1 Å². The summed E-state index contributed by atoms with van der Waals surface area (Å²) in [5, 5.41) is 9.70. The number of aromatic hydroxyl groups is 1. The lowest BCUT2D eigenvalue weighted by atomic mass is 10.0. The lowest BCUT2D eigenvalue weighted by Gasteiger charge is -2.05. The van der Waals surface area contributed by atoms with Crippen LogP contribution in [0.2, 0.25) is 0 Å². The summed E-state index contributed by atoms with van der Waals surface area (Å²) in [6.45, 7) is 0. The van der Waals surface area contributed by atoms with Gasteiger partial charge >= 0.3 is 5.69 Å². The first-order valence-electron chi connectivity index (χ1n) is 5.83. The molecule has 0 amide bonds. The molecule has 0 atom stereocenters. The zero-order valence-corrected chi connectivity index (χ0v) is 9.62. The van der Waals surface area contributed by atoms with Gasteiger partial charge < -0.3 is 5.11 Å². The summed E-state index contributed by atoms with van der Waals surface area (Å²) in [5.74, 6) is -0.387. The van der Waals surface area contributed by atoms with Crippen molar-refractivity contribution in [3.63, 3.8) is 0 Å². The molecule has 5 heteroatoms. The minimum Gasteiger partial charge on any atom is -0.494 e. The lowest BCUT2D eigenvalue weighted by molar-refractivity contribution is 0.451. The van der Waals surface area contributed by atoms with E-state index < -0.39 is 11.2 Å². The average molecular weight is 244 g/mol. The summed E-state index contributed by atoms with van der Waals surface area (Å²) in [6.07, 6.45) is 3.17. The third-order valence-electron chi connectivity index (χ3n) is 3.31. The van der Waals surface area contributed by atoms with Crippen LogP contribution < -0.4 is 11.2 Å². The summed E-state index contributed by atoms with van der Waals surface area (Å²) >= 11 is 0. The maximum absolute atomic E-state index is 11.7. The lowest BCUT2D eigenvalue weighted by Crippen LogP contribution is -2.23. The number of aromatic amines is 2. The normalized spacial score (nSPS) is 13.6. The molecule has 0 radical (unpaired) electrons. The molecule has 0 aliphatic heterocycles. The number of hydrogen-bond acceptors (Lipinski definition) is 3. The van der Waals surface area contributed by atoms with Crippen molar-refractivity contribution in [3.8, 4) is 17.0 Å². The number of nitrogens with one attached hydrogen (secondary N) is 2. The van der Waals surface area contributed by atoms with Crippen LogP contribution in [0.4, 0.5) is 0 Å². The zero-order valence-electron chi connectivity index (χ0n) is 9.62. The molecular weight excluding hydrogens is 232 g/mol. The van der Waals surface area contributed by atoms with Gasteiger partial charge in [0, 0.05) is 0 Å². The van der Waals surface area contributed by atoms with Gasteiger partial charge in [0.15, 0.2) is 0 Å². The molecule has 5 nitrogen and oxygen atoms in total. The van der Waals surface area contributed by atoms with Gasteiger partial charge in [0.2, 0.25) is 5.88 Å². The van der Waals surface area contributed by atoms with Gasteiger partial charge in [0.05, 0.1) is 0 Å². The monoisotopic (exact) mass is 244 g/mol. The van der Waals surface area contributed by atoms with Gasteiger partial charge in [-0.25, -0.2) is 4.79 Å². The van der Waals surface area contributed by atoms with Crippen molar-refractivity contribution in [2.45, 2.75) is 19.3 Å². The molecule has 3 rings (SSSR count). The fourth-order valence-corrected chi connectivity index (χ4v) is 2.47. The smallest absolute Gasteiger partial charge is 0.328 e. The van der Waals surface area contributed by atoms with Gasteiger partial charge in [-0.05, 0) is 36.0 Å². The predicted molar refractivity (Wildman–Crippen MR) is 66.8 cm³/mol. The van der Waals surface area contributed by atoms with E-state index in [1.807, 2.05) is 12.1 Å². The minimum atomic E-state index is -0.706. The molecule has 0 unspecified atom stereocenters. The Hall–Kier alpha value is -2.30. The Morgan fingerprint density at radius 1 is 1.06 bits per heavy atom. The number of benzene rings is 1. The second-order valence-corrected chi connectivity index (χ2v) is 4.47. The Balaban J connectivity index is 2.22. The van der Waals surface area contributed by atoms with Gasteiger partial charge in [-0.2, -0.15) is 0 Å². The fourth-order valence-electron chi connectivity index (χ4n) is 2.47. The summed E-state index contributed by atoms with van der Waals surface area (Å²) in [5.41, 5.74) is 1.96. The van der Waals surface area contributed by atoms with Gasteiger partial charge in [-0.15, -0.1) is 0 Å². The van der Waals surface area contributed by atoms with E-state index in [0.717, 1.165) is 19.3 Å². The van der Waals surface area contributed by atoms with Crippen LogP contribution in [-0.2, 0) is 12.8 Å². The van der Waals surface area contributed by atoms with E-state index >= 15 is 0 Å². The standard InChI is InChI=1S/C13H12N2O3/c16-11-10(12(17)15-13(18)14-11)9-5-4-7-2-1-3-8(7)6-9/h4-6H,1-3H2,(H3,14,15,16,17,18). The first-order valence-corrected chi connectivity index (χ1v) is 5.83. The highest BCUT2D eigenvalue weighted by atomic mass is 16.3. The van der Waals surface area contributed by atoms with Crippen LogP contribution in [0.3, 0.4) is 0 Å². The molecule has 1 aromatic heterocycles. The molecule has 2 aromatic rings. The van der Waals surface area contributed by atoms with E-state index in [2.05, 4.69) is 9.97 Å². The third-order valence-corrected chi connectivity index (χ3v) is 3.31. The molecule has 18 heavy (non-hydrogen) atoms. The molecule has 1 heterocycles. The molecule has 0 fully saturated rings. The number of rotatable bonds is 1. The van der Waals surface area contributed by atoms with Crippen LogP contribution in [0.1, 0.15) is 17.5 Å². The molecule has 0 bridgehead atoms. The molecule has 92 valence electrons.